The highest BCUT2D eigenvalue weighted by atomic mass is 16.5. The molecule has 3 atom stereocenters. The predicted molar refractivity (Wildman–Crippen MR) is 153 cm³/mol. The zero-order chi connectivity index (χ0) is 28.5. The fraction of sp³-hybridized carbons (Fsp3) is 0.516. The maximum atomic E-state index is 13.6. The summed E-state index contributed by atoms with van der Waals surface area (Å²) in [6.07, 6.45) is 0.777. The third-order valence-electron chi connectivity index (χ3n) is 6.72. The molecule has 39 heavy (non-hydrogen) atoms. The lowest BCUT2D eigenvalue weighted by atomic mass is 9.93. The van der Waals surface area contributed by atoms with Gasteiger partial charge in [0.25, 0.3) is 5.91 Å². The Labute approximate surface area is 232 Å². The summed E-state index contributed by atoms with van der Waals surface area (Å²) < 4.78 is 5.90. The summed E-state index contributed by atoms with van der Waals surface area (Å²) in [6.45, 7) is 10.8. The molecule has 2 aromatic carbocycles. The fourth-order valence-electron chi connectivity index (χ4n) is 4.65. The van der Waals surface area contributed by atoms with Gasteiger partial charge in [0, 0.05) is 42.7 Å². The van der Waals surface area contributed by atoms with Crippen molar-refractivity contribution in [3.63, 3.8) is 0 Å². The Morgan fingerprint density at radius 2 is 1.77 bits per heavy atom. The summed E-state index contributed by atoms with van der Waals surface area (Å²) in [5.41, 5.74) is 1.92. The third-order valence-corrected chi connectivity index (χ3v) is 6.72. The van der Waals surface area contributed by atoms with Crippen LogP contribution in [0.15, 0.2) is 48.5 Å². The first-order valence-electron chi connectivity index (χ1n) is 14.0. The number of benzene rings is 2. The van der Waals surface area contributed by atoms with E-state index in [1.165, 1.54) is 0 Å². The fourth-order valence-corrected chi connectivity index (χ4v) is 4.65. The number of rotatable bonds is 13. The summed E-state index contributed by atoms with van der Waals surface area (Å²) >= 11 is 0. The molecule has 0 saturated carbocycles. The Bertz CT molecular complexity index is 1120. The largest absolute Gasteiger partial charge is 0.491 e. The zero-order valence-corrected chi connectivity index (χ0v) is 23.8. The molecule has 0 unspecified atom stereocenters. The van der Waals surface area contributed by atoms with Crippen molar-refractivity contribution in [1.29, 1.82) is 0 Å². The minimum absolute atomic E-state index is 0.0187. The van der Waals surface area contributed by atoms with Gasteiger partial charge >= 0.3 is 0 Å². The quantitative estimate of drug-likeness (QED) is 0.357. The van der Waals surface area contributed by atoms with Crippen molar-refractivity contribution in [3.8, 4) is 5.75 Å². The molecule has 8 nitrogen and oxygen atoms in total. The van der Waals surface area contributed by atoms with E-state index in [4.69, 9.17) is 4.74 Å². The van der Waals surface area contributed by atoms with Crippen LogP contribution in [0.5, 0.6) is 5.75 Å². The van der Waals surface area contributed by atoms with Gasteiger partial charge in [-0.25, -0.2) is 0 Å². The summed E-state index contributed by atoms with van der Waals surface area (Å²) in [5, 5.41) is 17.1. The molecule has 3 rings (SSSR count). The first-order valence-corrected chi connectivity index (χ1v) is 14.0. The van der Waals surface area contributed by atoms with Crippen LogP contribution in [-0.4, -0.2) is 54.2 Å². The second-order valence-electron chi connectivity index (χ2n) is 11.1. The second-order valence-corrected chi connectivity index (χ2v) is 11.1. The molecular formula is C31H43N3O5. The van der Waals surface area contributed by atoms with E-state index < -0.39 is 18.1 Å². The van der Waals surface area contributed by atoms with E-state index in [-0.39, 0.29) is 30.2 Å². The molecule has 0 bridgehead atoms. The summed E-state index contributed by atoms with van der Waals surface area (Å²) in [4.78, 5) is 40.2. The molecule has 0 aromatic heterocycles. The number of nitrogens with zero attached hydrogens (tertiary/aromatic N) is 1. The van der Waals surface area contributed by atoms with E-state index in [1.807, 2.05) is 58.0 Å². The number of anilines is 1. The first-order chi connectivity index (χ1) is 18.5. The van der Waals surface area contributed by atoms with Crippen LogP contribution in [0.3, 0.4) is 0 Å². The van der Waals surface area contributed by atoms with E-state index in [0.29, 0.717) is 48.8 Å². The summed E-state index contributed by atoms with van der Waals surface area (Å²) in [5.74, 6) is -0.0787. The van der Waals surface area contributed by atoms with Crippen LogP contribution in [0.2, 0.25) is 0 Å². The number of hydrogen-bond donors (Lipinski definition) is 3. The van der Waals surface area contributed by atoms with Crippen molar-refractivity contribution >= 4 is 23.4 Å². The van der Waals surface area contributed by atoms with Gasteiger partial charge in [0.05, 0.1) is 18.2 Å². The number of carbonyl (C=O) groups excluding carboxylic acids is 3. The average molecular weight is 538 g/mol. The molecular weight excluding hydrogens is 494 g/mol. The van der Waals surface area contributed by atoms with Gasteiger partial charge in [0.2, 0.25) is 11.8 Å². The van der Waals surface area contributed by atoms with Crippen molar-refractivity contribution in [2.75, 3.05) is 18.0 Å². The van der Waals surface area contributed by atoms with Crippen molar-refractivity contribution in [3.05, 3.63) is 59.7 Å². The lowest BCUT2D eigenvalue weighted by Gasteiger charge is -2.27. The summed E-state index contributed by atoms with van der Waals surface area (Å²) in [7, 11) is 0. The minimum Gasteiger partial charge on any atom is -0.491 e. The molecule has 3 amide bonds. The van der Waals surface area contributed by atoms with Crippen molar-refractivity contribution < 1.29 is 24.2 Å². The molecule has 2 aromatic rings. The van der Waals surface area contributed by atoms with Crippen molar-refractivity contribution in [1.82, 2.24) is 10.6 Å². The molecule has 3 N–H and O–H groups in total. The maximum Gasteiger partial charge on any atom is 0.251 e. The van der Waals surface area contributed by atoms with E-state index in [0.717, 1.165) is 12.0 Å². The van der Waals surface area contributed by atoms with E-state index in [2.05, 4.69) is 10.6 Å². The van der Waals surface area contributed by atoms with Gasteiger partial charge in [-0.05, 0) is 56.7 Å². The predicted octanol–water partition coefficient (Wildman–Crippen LogP) is 4.10. The van der Waals surface area contributed by atoms with Gasteiger partial charge in [-0.2, -0.15) is 0 Å². The van der Waals surface area contributed by atoms with Crippen LogP contribution in [0.4, 0.5) is 5.69 Å². The smallest absolute Gasteiger partial charge is 0.251 e. The number of carbonyl (C=O) groups is 3. The van der Waals surface area contributed by atoms with Crippen LogP contribution >= 0.6 is 0 Å². The lowest BCUT2D eigenvalue weighted by Crippen LogP contribution is -2.46. The number of nitrogens with one attached hydrogen (secondary N) is 2. The molecule has 0 spiro atoms. The van der Waals surface area contributed by atoms with E-state index in [1.54, 1.807) is 30.0 Å². The van der Waals surface area contributed by atoms with Crippen LogP contribution in [0.1, 0.15) is 69.8 Å². The molecule has 8 heteroatoms. The highest BCUT2D eigenvalue weighted by Gasteiger charge is 2.28. The zero-order valence-electron chi connectivity index (χ0n) is 23.8. The Balaban J connectivity index is 1.83. The number of aliphatic hydroxyl groups excluding tert-OH is 1. The highest BCUT2D eigenvalue weighted by Crippen LogP contribution is 2.28. The van der Waals surface area contributed by atoms with E-state index >= 15 is 0 Å². The monoisotopic (exact) mass is 537 g/mol. The molecule has 212 valence electrons. The Hall–Kier alpha value is -3.39. The molecule has 1 heterocycles. The Kier molecular flexibility index (Phi) is 10.9. The Morgan fingerprint density at radius 1 is 1.05 bits per heavy atom. The maximum absolute atomic E-state index is 13.6. The minimum atomic E-state index is -0.955. The van der Waals surface area contributed by atoms with Gasteiger partial charge < -0.3 is 25.4 Å². The second kappa shape index (κ2) is 14.1. The Morgan fingerprint density at radius 3 is 2.38 bits per heavy atom. The van der Waals surface area contributed by atoms with Crippen LogP contribution in [-0.2, 0) is 16.0 Å². The lowest BCUT2D eigenvalue weighted by molar-refractivity contribution is -0.125. The number of amides is 3. The van der Waals surface area contributed by atoms with Gasteiger partial charge in [0.1, 0.15) is 5.75 Å². The number of aliphatic hydroxyl groups is 1. The van der Waals surface area contributed by atoms with Crippen LogP contribution in [0.25, 0.3) is 0 Å². The highest BCUT2D eigenvalue weighted by molar-refractivity contribution is 5.99. The molecule has 0 radical (unpaired) electrons. The van der Waals surface area contributed by atoms with Crippen LogP contribution in [0, 0.1) is 11.8 Å². The van der Waals surface area contributed by atoms with Gasteiger partial charge in [0.15, 0.2) is 0 Å². The van der Waals surface area contributed by atoms with E-state index in [9.17, 15) is 19.5 Å². The molecule has 0 aliphatic carbocycles. The van der Waals surface area contributed by atoms with Crippen molar-refractivity contribution in [2.24, 2.45) is 11.8 Å². The average Bonchev–Trinajstić information content (AvgIpc) is 3.32. The molecule has 1 aliphatic heterocycles. The standard InChI is InChI=1S/C31H43N3O5/c1-20(2)19-32-30(37)22(5)14-28(35)27(15-23-10-7-6-8-11-23)33-31(38)24-16-25(34-13-9-12-29(34)36)18-26(17-24)39-21(3)4/h6-8,10-11,16-18,20-22,27-28,35H,9,12-15,19H2,1-5H3,(H,32,37)(H,33,38)/t22-,27+,28+/m1/s1. The van der Waals surface area contributed by atoms with Gasteiger partial charge in [-0.1, -0.05) is 51.1 Å². The van der Waals surface area contributed by atoms with Gasteiger partial charge in [-0.15, -0.1) is 0 Å². The number of hydrogen-bond acceptors (Lipinski definition) is 5. The molecule has 1 aliphatic rings. The molecule has 1 saturated heterocycles. The molecule has 1 fully saturated rings. The normalized spacial score (nSPS) is 15.8. The first kappa shape index (κ1) is 30.2. The topological polar surface area (TPSA) is 108 Å². The SMILES string of the molecule is CC(C)CNC(=O)[C@H](C)C[C@H](O)[C@H](Cc1ccccc1)NC(=O)c1cc(OC(C)C)cc(N2CCCC2=O)c1. The number of ether oxygens (including phenoxy) is 1. The summed E-state index contributed by atoms with van der Waals surface area (Å²) in [6, 6.07) is 14.1. The van der Waals surface area contributed by atoms with Crippen LogP contribution < -0.4 is 20.3 Å². The third kappa shape index (κ3) is 9.10. The van der Waals surface area contributed by atoms with Gasteiger partial charge in [-0.3, -0.25) is 14.4 Å². The van der Waals surface area contributed by atoms with Crippen molar-refractivity contribution in [2.45, 2.75) is 78.6 Å².